The van der Waals surface area contributed by atoms with Crippen LogP contribution in [0.4, 0.5) is 4.39 Å². The Hall–Kier alpha value is -1.05. The average Bonchev–Trinajstić information content (AvgIpc) is 2.98. The fraction of sp³-hybridized carbons (Fsp3) is 0.500. The van der Waals surface area contributed by atoms with Gasteiger partial charge in [-0.05, 0) is 26.0 Å². The van der Waals surface area contributed by atoms with Crippen molar-refractivity contribution in [1.29, 1.82) is 0 Å². The molecule has 2 atom stereocenters. The van der Waals surface area contributed by atoms with Crippen LogP contribution < -0.4 is 5.32 Å². The summed E-state index contributed by atoms with van der Waals surface area (Å²) in [6.07, 6.45) is 2.01. The maximum absolute atomic E-state index is 14.5. The molecule has 4 nitrogen and oxygen atoms in total. The monoisotopic (exact) mass is 383 g/mol. The summed E-state index contributed by atoms with van der Waals surface area (Å²) in [4.78, 5) is 7.70. The highest BCUT2D eigenvalue weighted by molar-refractivity contribution is 7.11. The Kier molecular flexibility index (Phi) is 6.41. The van der Waals surface area contributed by atoms with Crippen LogP contribution >= 0.6 is 22.9 Å². The summed E-state index contributed by atoms with van der Waals surface area (Å²) in [7, 11) is 0. The largest absolute Gasteiger partial charge is 0.376 e. The number of aryl methyl sites for hydroxylation is 1. The van der Waals surface area contributed by atoms with Gasteiger partial charge in [0.25, 0.3) is 0 Å². The van der Waals surface area contributed by atoms with Crippen LogP contribution in [0.5, 0.6) is 0 Å². The first kappa shape index (κ1) is 18.7. The summed E-state index contributed by atoms with van der Waals surface area (Å²) in [5.74, 6) is -0.257. The van der Waals surface area contributed by atoms with Gasteiger partial charge >= 0.3 is 0 Å². The number of thiazole rings is 1. The van der Waals surface area contributed by atoms with Gasteiger partial charge in [0.2, 0.25) is 0 Å². The third-order valence-electron chi connectivity index (χ3n) is 4.35. The number of hydrogen-bond acceptors (Lipinski definition) is 5. The van der Waals surface area contributed by atoms with E-state index in [1.807, 2.05) is 20.0 Å². The van der Waals surface area contributed by atoms with Crippen LogP contribution in [0.3, 0.4) is 0 Å². The first-order valence-electron chi connectivity index (χ1n) is 8.46. The fourth-order valence-electron chi connectivity index (χ4n) is 3.19. The summed E-state index contributed by atoms with van der Waals surface area (Å²) in [5, 5.41) is 4.96. The lowest BCUT2D eigenvalue weighted by atomic mass is 10.0. The second-order valence-corrected chi connectivity index (χ2v) is 8.03. The van der Waals surface area contributed by atoms with Crippen molar-refractivity contribution in [2.24, 2.45) is 0 Å². The predicted molar refractivity (Wildman–Crippen MR) is 99.7 cm³/mol. The van der Waals surface area contributed by atoms with Crippen molar-refractivity contribution in [1.82, 2.24) is 15.2 Å². The molecule has 1 fully saturated rings. The molecule has 7 heteroatoms. The third kappa shape index (κ3) is 4.77. The van der Waals surface area contributed by atoms with E-state index in [0.717, 1.165) is 18.1 Å². The molecule has 0 spiro atoms. The van der Waals surface area contributed by atoms with Crippen molar-refractivity contribution in [2.45, 2.75) is 32.5 Å². The molecule has 1 saturated heterocycles. The predicted octanol–water partition coefficient (Wildman–Crippen LogP) is 3.80. The van der Waals surface area contributed by atoms with Crippen LogP contribution in [-0.4, -0.2) is 42.2 Å². The highest BCUT2D eigenvalue weighted by atomic mass is 35.5. The third-order valence-corrected chi connectivity index (χ3v) is 5.59. The molecule has 0 amide bonds. The minimum Gasteiger partial charge on any atom is -0.376 e. The van der Waals surface area contributed by atoms with Gasteiger partial charge in [-0.2, -0.15) is 0 Å². The van der Waals surface area contributed by atoms with Crippen molar-refractivity contribution in [3.63, 3.8) is 0 Å². The quantitative estimate of drug-likeness (QED) is 0.823. The molecule has 0 radical (unpaired) electrons. The molecule has 25 heavy (non-hydrogen) atoms. The van der Waals surface area contributed by atoms with Crippen molar-refractivity contribution in [3.05, 3.63) is 50.7 Å². The molecule has 1 aliphatic rings. The van der Waals surface area contributed by atoms with E-state index in [2.05, 4.69) is 15.2 Å². The number of halogens is 2. The van der Waals surface area contributed by atoms with Gasteiger partial charge in [-0.25, -0.2) is 9.37 Å². The zero-order valence-corrected chi connectivity index (χ0v) is 16.0. The highest BCUT2D eigenvalue weighted by Gasteiger charge is 2.28. The topological polar surface area (TPSA) is 37.4 Å². The Morgan fingerprint density at radius 1 is 1.52 bits per heavy atom. The van der Waals surface area contributed by atoms with Crippen LogP contribution in [0.25, 0.3) is 0 Å². The number of hydrogen-bond donors (Lipinski definition) is 1. The highest BCUT2D eigenvalue weighted by Crippen LogP contribution is 2.31. The second-order valence-electron chi connectivity index (χ2n) is 6.30. The molecule has 1 aromatic heterocycles. The second kappa shape index (κ2) is 8.56. The van der Waals surface area contributed by atoms with E-state index in [1.165, 1.54) is 10.9 Å². The molecule has 0 saturated carbocycles. The van der Waals surface area contributed by atoms with E-state index in [9.17, 15) is 4.39 Å². The number of rotatable bonds is 6. The molecule has 1 aromatic carbocycles. The molecule has 1 N–H and O–H groups in total. The van der Waals surface area contributed by atoms with Gasteiger partial charge < -0.3 is 10.1 Å². The van der Waals surface area contributed by atoms with E-state index in [1.54, 1.807) is 23.5 Å². The standard InChI is InChI=1S/C18H23ClFN3OS/c1-12-11-23(6-7-24-12)17(18-15(19)4-3-5-16(18)20)10-21-8-14-9-22-13(2)25-14/h3-5,9,12,17,21H,6-8,10-11H2,1-2H3. The first-order valence-corrected chi connectivity index (χ1v) is 9.65. The number of morpholine rings is 1. The minimum absolute atomic E-state index is 0.130. The Balaban J connectivity index is 1.76. The summed E-state index contributed by atoms with van der Waals surface area (Å²) < 4.78 is 20.2. The molecule has 0 aliphatic carbocycles. The lowest BCUT2D eigenvalue weighted by Crippen LogP contribution is -2.46. The number of nitrogens with zero attached hydrogens (tertiary/aromatic N) is 2. The lowest BCUT2D eigenvalue weighted by molar-refractivity contribution is -0.0349. The van der Waals surface area contributed by atoms with Crippen molar-refractivity contribution in [3.8, 4) is 0 Å². The molecule has 2 heterocycles. The van der Waals surface area contributed by atoms with Crippen LogP contribution in [-0.2, 0) is 11.3 Å². The molecule has 136 valence electrons. The average molecular weight is 384 g/mol. The molecule has 2 aromatic rings. The Bertz CT molecular complexity index is 691. The van der Waals surface area contributed by atoms with Crippen molar-refractivity contribution < 1.29 is 9.13 Å². The van der Waals surface area contributed by atoms with E-state index in [0.29, 0.717) is 30.3 Å². The van der Waals surface area contributed by atoms with E-state index in [4.69, 9.17) is 16.3 Å². The van der Waals surface area contributed by atoms with Gasteiger partial charge in [-0.15, -0.1) is 11.3 Å². The van der Waals surface area contributed by atoms with Gasteiger partial charge in [-0.1, -0.05) is 17.7 Å². The smallest absolute Gasteiger partial charge is 0.129 e. The van der Waals surface area contributed by atoms with E-state index in [-0.39, 0.29) is 18.0 Å². The van der Waals surface area contributed by atoms with Crippen LogP contribution in [0.1, 0.15) is 28.4 Å². The number of benzene rings is 1. The zero-order valence-electron chi connectivity index (χ0n) is 14.5. The molecule has 0 bridgehead atoms. The summed E-state index contributed by atoms with van der Waals surface area (Å²) in [6, 6.07) is 4.75. The van der Waals surface area contributed by atoms with Gasteiger partial charge in [0, 0.05) is 47.8 Å². The molecular weight excluding hydrogens is 361 g/mol. The molecule has 1 aliphatic heterocycles. The Morgan fingerprint density at radius 3 is 3.04 bits per heavy atom. The summed E-state index contributed by atoms with van der Waals surface area (Å²) in [6.45, 7) is 7.54. The normalized spacial score (nSPS) is 19.9. The summed E-state index contributed by atoms with van der Waals surface area (Å²) >= 11 is 8.02. The van der Waals surface area contributed by atoms with Gasteiger partial charge in [-0.3, -0.25) is 4.90 Å². The van der Waals surface area contributed by atoms with Crippen molar-refractivity contribution in [2.75, 3.05) is 26.2 Å². The first-order chi connectivity index (χ1) is 12.0. The SMILES string of the molecule is Cc1ncc(CNCC(c2c(F)cccc2Cl)N2CCOC(C)C2)s1. The van der Waals surface area contributed by atoms with Crippen LogP contribution in [0.2, 0.25) is 5.02 Å². The number of ether oxygens (including phenoxy) is 1. The van der Waals surface area contributed by atoms with Crippen molar-refractivity contribution >= 4 is 22.9 Å². The lowest BCUT2D eigenvalue weighted by Gasteiger charge is -2.38. The molecule has 3 rings (SSSR count). The number of nitrogens with one attached hydrogen (secondary N) is 1. The van der Waals surface area contributed by atoms with Crippen LogP contribution in [0.15, 0.2) is 24.4 Å². The van der Waals surface area contributed by atoms with Gasteiger partial charge in [0.05, 0.1) is 23.8 Å². The maximum atomic E-state index is 14.5. The fourth-order valence-corrected chi connectivity index (χ4v) is 4.24. The maximum Gasteiger partial charge on any atom is 0.129 e. The van der Waals surface area contributed by atoms with E-state index >= 15 is 0 Å². The number of aromatic nitrogens is 1. The minimum atomic E-state index is -0.257. The van der Waals surface area contributed by atoms with Gasteiger partial charge in [0.1, 0.15) is 5.82 Å². The molecular formula is C18H23ClFN3OS. The Labute approximate surface area is 157 Å². The Morgan fingerprint density at radius 2 is 2.36 bits per heavy atom. The summed E-state index contributed by atoms with van der Waals surface area (Å²) in [5.41, 5.74) is 0.561. The molecule has 2 unspecified atom stereocenters. The van der Waals surface area contributed by atoms with E-state index < -0.39 is 0 Å². The zero-order chi connectivity index (χ0) is 17.8. The van der Waals surface area contributed by atoms with Gasteiger partial charge in [0.15, 0.2) is 0 Å². The van der Waals surface area contributed by atoms with Crippen LogP contribution in [0, 0.1) is 12.7 Å².